The first kappa shape index (κ1) is 15.9. The Morgan fingerprint density at radius 1 is 1.43 bits per heavy atom. The Hall–Kier alpha value is -1.51. The third kappa shape index (κ3) is 3.07. The molecule has 2 unspecified atom stereocenters. The number of urea groups is 1. The molecule has 2 N–H and O–H groups in total. The highest BCUT2D eigenvalue weighted by atomic mass is 19.4. The van der Waals surface area contributed by atoms with Gasteiger partial charge < -0.3 is 20.1 Å². The van der Waals surface area contributed by atoms with Crippen LogP contribution in [-0.2, 0) is 9.53 Å². The summed E-state index contributed by atoms with van der Waals surface area (Å²) < 4.78 is 44.2. The van der Waals surface area contributed by atoms with Crippen molar-refractivity contribution in [2.45, 2.75) is 31.5 Å². The second kappa shape index (κ2) is 5.70. The van der Waals surface area contributed by atoms with Gasteiger partial charge in [0.25, 0.3) is 0 Å². The highest BCUT2D eigenvalue weighted by Gasteiger charge is 2.64. The number of aliphatic carboxylic acids is 1. The number of carbonyl (C=O) groups is 2. The van der Waals surface area contributed by atoms with Crippen LogP contribution in [0.1, 0.15) is 19.3 Å². The standard InChI is InChI=1S/C12H17F3N2O4/c13-12(14,15)11(9(18)19)3-4-17(7-11)10(20)16-6-8-2-1-5-21-8/h8H,1-7H2,(H,16,20)(H,18,19). The van der Waals surface area contributed by atoms with Crippen molar-refractivity contribution in [1.29, 1.82) is 0 Å². The van der Waals surface area contributed by atoms with Gasteiger partial charge in [0.2, 0.25) is 0 Å². The molecule has 120 valence electrons. The summed E-state index contributed by atoms with van der Waals surface area (Å²) in [6, 6.07) is -0.683. The van der Waals surface area contributed by atoms with Gasteiger partial charge in [0.15, 0.2) is 5.41 Å². The van der Waals surface area contributed by atoms with Gasteiger partial charge in [-0.15, -0.1) is 0 Å². The molecule has 0 radical (unpaired) electrons. The van der Waals surface area contributed by atoms with Gasteiger partial charge >= 0.3 is 18.2 Å². The number of alkyl halides is 3. The number of hydrogen-bond donors (Lipinski definition) is 2. The molecule has 2 heterocycles. The number of likely N-dealkylation sites (tertiary alicyclic amines) is 1. The Kier molecular flexibility index (Phi) is 4.31. The molecule has 0 aromatic heterocycles. The van der Waals surface area contributed by atoms with Crippen molar-refractivity contribution in [1.82, 2.24) is 10.2 Å². The van der Waals surface area contributed by atoms with E-state index in [4.69, 9.17) is 9.84 Å². The lowest BCUT2D eigenvalue weighted by molar-refractivity contribution is -0.226. The van der Waals surface area contributed by atoms with E-state index >= 15 is 0 Å². The van der Waals surface area contributed by atoms with Crippen LogP contribution in [-0.4, -0.2) is 60.5 Å². The fourth-order valence-electron chi connectivity index (χ4n) is 2.63. The summed E-state index contributed by atoms with van der Waals surface area (Å²) >= 11 is 0. The van der Waals surface area contributed by atoms with Crippen LogP contribution in [0.25, 0.3) is 0 Å². The molecule has 0 bridgehead atoms. The molecule has 2 rings (SSSR count). The molecule has 2 aliphatic heterocycles. The second-order valence-corrected chi connectivity index (χ2v) is 5.38. The zero-order valence-corrected chi connectivity index (χ0v) is 11.3. The Labute approximate surface area is 119 Å². The number of carboxylic acids is 1. The molecule has 0 aliphatic carbocycles. The molecule has 21 heavy (non-hydrogen) atoms. The molecule has 2 saturated heterocycles. The summed E-state index contributed by atoms with van der Waals surface area (Å²) in [5.41, 5.74) is -2.87. The van der Waals surface area contributed by atoms with Gasteiger partial charge in [-0.3, -0.25) is 4.79 Å². The average Bonchev–Trinajstić information content (AvgIpc) is 3.04. The molecule has 0 aromatic rings. The van der Waals surface area contributed by atoms with Gasteiger partial charge in [-0.05, 0) is 19.3 Å². The first-order valence-corrected chi connectivity index (χ1v) is 6.71. The molecule has 2 aliphatic rings. The minimum absolute atomic E-state index is 0.122. The van der Waals surface area contributed by atoms with E-state index in [1.54, 1.807) is 0 Å². The monoisotopic (exact) mass is 310 g/mol. The molecule has 2 atom stereocenters. The minimum Gasteiger partial charge on any atom is -0.481 e. The number of nitrogens with zero attached hydrogens (tertiary/aromatic N) is 1. The summed E-state index contributed by atoms with van der Waals surface area (Å²) in [6.07, 6.45) is -3.95. The van der Waals surface area contributed by atoms with Crippen molar-refractivity contribution in [3.05, 3.63) is 0 Å². The largest absolute Gasteiger partial charge is 0.481 e. The van der Waals surface area contributed by atoms with Crippen LogP contribution in [0.3, 0.4) is 0 Å². The van der Waals surface area contributed by atoms with Gasteiger partial charge in [0.1, 0.15) is 0 Å². The third-order valence-electron chi connectivity index (χ3n) is 4.01. The molecule has 0 saturated carbocycles. The Morgan fingerprint density at radius 2 is 2.14 bits per heavy atom. The van der Waals surface area contributed by atoms with E-state index < -0.39 is 36.6 Å². The fraction of sp³-hybridized carbons (Fsp3) is 0.833. The molecule has 6 nitrogen and oxygen atoms in total. The van der Waals surface area contributed by atoms with Crippen molar-refractivity contribution in [3.8, 4) is 0 Å². The Balaban J connectivity index is 1.93. The van der Waals surface area contributed by atoms with Gasteiger partial charge in [0.05, 0.1) is 6.10 Å². The molecule has 9 heteroatoms. The Bertz CT molecular complexity index is 423. The summed E-state index contributed by atoms with van der Waals surface area (Å²) in [6.45, 7) is -0.256. The lowest BCUT2D eigenvalue weighted by atomic mass is 9.86. The number of ether oxygens (including phenoxy) is 1. The lowest BCUT2D eigenvalue weighted by Crippen LogP contribution is -2.49. The summed E-state index contributed by atoms with van der Waals surface area (Å²) in [4.78, 5) is 23.7. The van der Waals surface area contributed by atoms with Crippen molar-refractivity contribution in [3.63, 3.8) is 0 Å². The molecule has 0 spiro atoms. The Morgan fingerprint density at radius 3 is 2.62 bits per heavy atom. The predicted molar refractivity (Wildman–Crippen MR) is 64.7 cm³/mol. The van der Waals surface area contributed by atoms with Crippen LogP contribution in [0.15, 0.2) is 0 Å². The number of amides is 2. The summed E-state index contributed by atoms with van der Waals surface area (Å²) in [5, 5.41) is 11.4. The molecule has 0 aromatic carbocycles. The quantitative estimate of drug-likeness (QED) is 0.821. The topological polar surface area (TPSA) is 78.9 Å². The summed E-state index contributed by atoms with van der Waals surface area (Å²) in [5.74, 6) is -1.94. The number of rotatable bonds is 3. The molecular formula is C12H17F3N2O4. The lowest BCUT2D eigenvalue weighted by Gasteiger charge is -2.27. The zero-order chi connectivity index (χ0) is 15.7. The van der Waals surface area contributed by atoms with Gasteiger partial charge in [-0.1, -0.05) is 0 Å². The fourth-order valence-corrected chi connectivity index (χ4v) is 2.63. The first-order valence-electron chi connectivity index (χ1n) is 6.71. The molecule has 2 fully saturated rings. The SMILES string of the molecule is O=C(NCC1CCCO1)N1CCC(C(=O)O)(C(F)(F)F)C1. The average molecular weight is 310 g/mol. The highest BCUT2D eigenvalue weighted by molar-refractivity contribution is 5.80. The maximum absolute atomic E-state index is 13.0. The van der Waals surface area contributed by atoms with Crippen molar-refractivity contribution in [2.24, 2.45) is 5.41 Å². The van der Waals surface area contributed by atoms with Crippen molar-refractivity contribution in [2.75, 3.05) is 26.2 Å². The minimum atomic E-state index is -4.89. The first-order chi connectivity index (χ1) is 9.76. The van der Waals surface area contributed by atoms with Crippen LogP contribution in [0.2, 0.25) is 0 Å². The molecular weight excluding hydrogens is 293 g/mol. The van der Waals surface area contributed by atoms with Crippen molar-refractivity contribution >= 4 is 12.0 Å². The van der Waals surface area contributed by atoms with E-state index in [-0.39, 0.29) is 19.2 Å². The van der Waals surface area contributed by atoms with E-state index in [1.165, 1.54) is 0 Å². The van der Waals surface area contributed by atoms with Crippen LogP contribution in [0, 0.1) is 5.41 Å². The molecule has 2 amide bonds. The normalized spacial score (nSPS) is 29.7. The highest BCUT2D eigenvalue weighted by Crippen LogP contribution is 2.45. The maximum Gasteiger partial charge on any atom is 0.406 e. The van der Waals surface area contributed by atoms with Crippen LogP contribution >= 0.6 is 0 Å². The van der Waals surface area contributed by atoms with Gasteiger partial charge in [-0.25, -0.2) is 4.79 Å². The van der Waals surface area contributed by atoms with E-state index in [9.17, 15) is 22.8 Å². The van der Waals surface area contributed by atoms with Crippen LogP contribution < -0.4 is 5.32 Å². The second-order valence-electron chi connectivity index (χ2n) is 5.38. The van der Waals surface area contributed by atoms with Gasteiger partial charge in [-0.2, -0.15) is 13.2 Å². The van der Waals surface area contributed by atoms with E-state index in [2.05, 4.69) is 5.32 Å². The maximum atomic E-state index is 13.0. The van der Waals surface area contributed by atoms with E-state index in [0.29, 0.717) is 6.61 Å². The number of nitrogens with one attached hydrogen (secondary N) is 1. The summed E-state index contributed by atoms with van der Waals surface area (Å²) in [7, 11) is 0. The third-order valence-corrected chi connectivity index (χ3v) is 4.01. The number of halogens is 3. The van der Waals surface area contributed by atoms with E-state index in [0.717, 1.165) is 17.7 Å². The van der Waals surface area contributed by atoms with Crippen molar-refractivity contribution < 1.29 is 32.6 Å². The number of carboxylic acid groups (broad SMARTS) is 1. The van der Waals surface area contributed by atoms with Gasteiger partial charge in [0, 0.05) is 26.2 Å². The zero-order valence-electron chi connectivity index (χ0n) is 11.3. The number of carbonyl (C=O) groups excluding carboxylic acids is 1. The predicted octanol–water partition coefficient (Wildman–Crippen LogP) is 1.21. The van der Waals surface area contributed by atoms with E-state index in [1.807, 2.05) is 0 Å². The number of hydrogen-bond acceptors (Lipinski definition) is 3. The smallest absolute Gasteiger partial charge is 0.406 e. The van der Waals surface area contributed by atoms with Crippen LogP contribution in [0.5, 0.6) is 0 Å². The van der Waals surface area contributed by atoms with Crippen LogP contribution in [0.4, 0.5) is 18.0 Å².